The Morgan fingerprint density at radius 3 is 1.90 bits per heavy atom. The lowest BCUT2D eigenvalue weighted by atomic mass is 9.72. The number of hydrogen-bond acceptors (Lipinski definition) is 0. The SMILES string of the molecule is CC(C)(C)c1ccc(C2=CC[C@H](C(C)(C)C)CC2)cc1. The van der Waals surface area contributed by atoms with Gasteiger partial charge < -0.3 is 0 Å². The fourth-order valence-electron chi connectivity index (χ4n) is 3.07. The third-order valence-electron chi connectivity index (χ3n) is 4.76. The molecule has 0 saturated heterocycles. The largest absolute Gasteiger partial charge is 0.0804 e. The van der Waals surface area contributed by atoms with Crippen LogP contribution in [0.15, 0.2) is 30.3 Å². The maximum absolute atomic E-state index is 2.48. The topological polar surface area (TPSA) is 0 Å². The molecule has 1 aliphatic carbocycles. The number of rotatable bonds is 1. The van der Waals surface area contributed by atoms with Crippen LogP contribution < -0.4 is 0 Å². The molecule has 0 aliphatic heterocycles. The standard InChI is InChI=1S/C20H30/c1-19(2,3)17-11-7-15(8-12-17)16-9-13-18(14-10-16)20(4,5)6/h7-9,11-12,18H,10,13-14H2,1-6H3/t18-/m0/s1. The van der Waals surface area contributed by atoms with E-state index in [4.69, 9.17) is 0 Å². The van der Waals surface area contributed by atoms with Gasteiger partial charge in [0.1, 0.15) is 0 Å². The quantitative estimate of drug-likeness (QED) is 0.568. The van der Waals surface area contributed by atoms with Crippen LogP contribution in [0.3, 0.4) is 0 Å². The van der Waals surface area contributed by atoms with Gasteiger partial charge in [0, 0.05) is 0 Å². The van der Waals surface area contributed by atoms with Crippen molar-refractivity contribution < 1.29 is 0 Å². The third kappa shape index (κ3) is 3.53. The van der Waals surface area contributed by atoms with Gasteiger partial charge in [0.2, 0.25) is 0 Å². The van der Waals surface area contributed by atoms with Gasteiger partial charge in [0.15, 0.2) is 0 Å². The summed E-state index contributed by atoms with van der Waals surface area (Å²) in [5, 5.41) is 0. The summed E-state index contributed by atoms with van der Waals surface area (Å²) in [6, 6.07) is 9.21. The molecule has 0 heteroatoms. The van der Waals surface area contributed by atoms with Crippen LogP contribution in [0.1, 0.15) is 71.9 Å². The zero-order valence-corrected chi connectivity index (χ0v) is 14.1. The van der Waals surface area contributed by atoms with E-state index in [9.17, 15) is 0 Å². The summed E-state index contributed by atoms with van der Waals surface area (Å²) in [4.78, 5) is 0. The molecule has 110 valence electrons. The van der Waals surface area contributed by atoms with E-state index in [0.29, 0.717) is 5.41 Å². The number of allylic oxidation sites excluding steroid dienone is 2. The van der Waals surface area contributed by atoms with Gasteiger partial charge in [0.05, 0.1) is 0 Å². The molecule has 0 amide bonds. The molecule has 0 N–H and O–H groups in total. The highest BCUT2D eigenvalue weighted by Gasteiger charge is 2.26. The highest BCUT2D eigenvalue weighted by Crippen LogP contribution is 2.39. The van der Waals surface area contributed by atoms with Crippen molar-refractivity contribution in [1.29, 1.82) is 0 Å². The molecule has 0 radical (unpaired) electrons. The average Bonchev–Trinajstić information content (AvgIpc) is 2.37. The maximum Gasteiger partial charge on any atom is -0.0132 e. The first-order chi connectivity index (χ1) is 9.18. The van der Waals surface area contributed by atoms with Crippen molar-refractivity contribution in [2.45, 2.75) is 66.2 Å². The van der Waals surface area contributed by atoms with Crippen molar-refractivity contribution in [2.75, 3.05) is 0 Å². The van der Waals surface area contributed by atoms with Crippen LogP contribution in [-0.4, -0.2) is 0 Å². The summed E-state index contributed by atoms with van der Waals surface area (Å²) >= 11 is 0. The summed E-state index contributed by atoms with van der Waals surface area (Å²) in [6.07, 6.45) is 6.28. The molecule has 0 spiro atoms. The second-order valence-electron chi connectivity index (χ2n) is 8.39. The van der Waals surface area contributed by atoms with Crippen molar-refractivity contribution in [3.8, 4) is 0 Å². The number of benzene rings is 1. The molecule has 0 nitrogen and oxygen atoms in total. The first kappa shape index (κ1) is 15.4. The molecule has 0 fully saturated rings. The Balaban J connectivity index is 2.12. The van der Waals surface area contributed by atoms with Gasteiger partial charge in [-0.1, -0.05) is 71.9 Å². The number of hydrogen-bond donors (Lipinski definition) is 0. The zero-order valence-electron chi connectivity index (χ0n) is 14.1. The van der Waals surface area contributed by atoms with E-state index >= 15 is 0 Å². The second kappa shape index (κ2) is 5.39. The molecule has 1 aromatic carbocycles. The summed E-state index contributed by atoms with van der Waals surface area (Å²) in [5.41, 5.74) is 5.08. The first-order valence-electron chi connectivity index (χ1n) is 7.98. The van der Waals surface area contributed by atoms with Gasteiger partial charge in [-0.2, -0.15) is 0 Å². The van der Waals surface area contributed by atoms with Gasteiger partial charge in [-0.15, -0.1) is 0 Å². The van der Waals surface area contributed by atoms with E-state index in [1.54, 1.807) is 5.57 Å². The van der Waals surface area contributed by atoms with Crippen molar-refractivity contribution in [3.05, 3.63) is 41.5 Å². The minimum atomic E-state index is 0.247. The Labute approximate surface area is 125 Å². The fourth-order valence-corrected chi connectivity index (χ4v) is 3.07. The minimum Gasteiger partial charge on any atom is -0.0804 e. The lowest BCUT2D eigenvalue weighted by molar-refractivity contribution is 0.225. The van der Waals surface area contributed by atoms with E-state index < -0.39 is 0 Å². The molecule has 1 atom stereocenters. The molecule has 0 bridgehead atoms. The summed E-state index contributed by atoms with van der Waals surface area (Å²) in [7, 11) is 0. The fraction of sp³-hybridized carbons (Fsp3) is 0.600. The van der Waals surface area contributed by atoms with E-state index in [1.165, 1.54) is 30.4 Å². The van der Waals surface area contributed by atoms with Crippen molar-refractivity contribution in [3.63, 3.8) is 0 Å². The van der Waals surface area contributed by atoms with Crippen molar-refractivity contribution in [2.24, 2.45) is 11.3 Å². The third-order valence-corrected chi connectivity index (χ3v) is 4.76. The summed E-state index contributed by atoms with van der Waals surface area (Å²) in [5.74, 6) is 0.833. The lowest BCUT2D eigenvalue weighted by Crippen LogP contribution is -2.22. The Hall–Kier alpha value is -1.04. The normalized spacial score (nSPS) is 20.7. The van der Waals surface area contributed by atoms with Crippen molar-refractivity contribution in [1.82, 2.24) is 0 Å². The molecule has 0 heterocycles. The monoisotopic (exact) mass is 270 g/mol. The predicted molar refractivity (Wildman–Crippen MR) is 89.9 cm³/mol. The van der Waals surface area contributed by atoms with Crippen LogP contribution in [0.25, 0.3) is 5.57 Å². The molecular formula is C20H30. The predicted octanol–water partition coefficient (Wildman–Crippen LogP) is 6.21. The zero-order chi connectivity index (χ0) is 15.0. The highest BCUT2D eigenvalue weighted by atomic mass is 14.3. The molecule has 0 saturated carbocycles. The molecular weight excluding hydrogens is 240 g/mol. The molecule has 1 aliphatic rings. The van der Waals surface area contributed by atoms with E-state index in [2.05, 4.69) is 71.9 Å². The summed E-state index contributed by atoms with van der Waals surface area (Å²) < 4.78 is 0. The molecule has 20 heavy (non-hydrogen) atoms. The van der Waals surface area contributed by atoms with Gasteiger partial charge >= 0.3 is 0 Å². The highest BCUT2D eigenvalue weighted by molar-refractivity contribution is 5.66. The Morgan fingerprint density at radius 2 is 1.50 bits per heavy atom. The van der Waals surface area contributed by atoms with Gasteiger partial charge in [0.25, 0.3) is 0 Å². The first-order valence-corrected chi connectivity index (χ1v) is 7.98. The van der Waals surface area contributed by atoms with Crippen molar-refractivity contribution >= 4 is 5.57 Å². The maximum atomic E-state index is 2.48. The smallest absolute Gasteiger partial charge is 0.0132 e. The van der Waals surface area contributed by atoms with Crippen LogP contribution in [0.5, 0.6) is 0 Å². The molecule has 0 unspecified atom stereocenters. The Bertz CT molecular complexity index is 474. The van der Waals surface area contributed by atoms with Crippen LogP contribution in [0.2, 0.25) is 0 Å². The Kier molecular flexibility index (Phi) is 4.14. The Morgan fingerprint density at radius 1 is 0.900 bits per heavy atom. The van der Waals surface area contributed by atoms with Gasteiger partial charge in [-0.25, -0.2) is 0 Å². The second-order valence-corrected chi connectivity index (χ2v) is 8.39. The van der Waals surface area contributed by atoms with Gasteiger partial charge in [-0.3, -0.25) is 0 Å². The van der Waals surface area contributed by atoms with E-state index in [0.717, 1.165) is 5.92 Å². The van der Waals surface area contributed by atoms with E-state index in [-0.39, 0.29) is 5.41 Å². The van der Waals surface area contributed by atoms with Gasteiger partial charge in [-0.05, 0) is 52.7 Å². The lowest BCUT2D eigenvalue weighted by Gasteiger charge is -2.33. The van der Waals surface area contributed by atoms with Crippen LogP contribution in [0, 0.1) is 11.3 Å². The van der Waals surface area contributed by atoms with E-state index in [1.807, 2.05) is 0 Å². The van der Waals surface area contributed by atoms with Crippen LogP contribution >= 0.6 is 0 Å². The minimum absolute atomic E-state index is 0.247. The molecule has 1 aromatic rings. The van der Waals surface area contributed by atoms with Crippen LogP contribution in [-0.2, 0) is 5.41 Å². The average molecular weight is 270 g/mol. The molecule has 2 rings (SSSR count). The van der Waals surface area contributed by atoms with Crippen LogP contribution in [0.4, 0.5) is 0 Å². The summed E-state index contributed by atoms with van der Waals surface area (Å²) in [6.45, 7) is 13.9. The molecule has 0 aromatic heterocycles.